The van der Waals surface area contributed by atoms with E-state index in [2.05, 4.69) is 36.3 Å². The summed E-state index contributed by atoms with van der Waals surface area (Å²) in [6, 6.07) is 16.1. The predicted molar refractivity (Wildman–Crippen MR) is 164 cm³/mol. The first-order valence-corrected chi connectivity index (χ1v) is 14.8. The van der Waals surface area contributed by atoms with E-state index >= 15 is 0 Å². The molecule has 10 heteroatoms. The summed E-state index contributed by atoms with van der Waals surface area (Å²) in [7, 11) is -0.416. The summed E-state index contributed by atoms with van der Waals surface area (Å²) < 4.78 is 12.4. The quantitative estimate of drug-likeness (QED) is 0.210. The van der Waals surface area contributed by atoms with Gasteiger partial charge in [-0.25, -0.2) is 9.78 Å². The molecule has 1 saturated heterocycles. The molecule has 1 fully saturated rings. The minimum Gasteiger partial charge on any atom is -0.399 e. The van der Waals surface area contributed by atoms with Gasteiger partial charge in [-0.3, -0.25) is 4.79 Å². The first-order valence-electron chi connectivity index (χ1n) is 14.8. The van der Waals surface area contributed by atoms with Gasteiger partial charge in [-0.15, -0.1) is 0 Å². The van der Waals surface area contributed by atoms with Crippen LogP contribution in [0.3, 0.4) is 0 Å². The number of hydrogen-bond donors (Lipinski definition) is 2. The highest BCUT2D eigenvalue weighted by Gasteiger charge is 2.51. The second-order valence-electron chi connectivity index (χ2n) is 12.8. The number of H-pyrrole nitrogens is 1. The number of imidazole rings is 1. The van der Waals surface area contributed by atoms with Gasteiger partial charge < -0.3 is 29.4 Å². The zero-order valence-electron chi connectivity index (χ0n) is 25.5. The number of rotatable bonds is 10. The SMILES string of the molecule is CC(C)CC(CN(CNC=O)C(=O)N1Cc2ccccc2C1)c1nc(-c2ccc(B3OC(C)(C)C(C)(C)O3)cc2)c[nH]1. The minimum absolute atomic E-state index is 0.0369. The lowest BCUT2D eigenvalue weighted by Crippen LogP contribution is -2.46. The summed E-state index contributed by atoms with van der Waals surface area (Å²) in [6.45, 7) is 14.2. The first kappa shape index (κ1) is 29.9. The molecule has 0 saturated carbocycles. The molecule has 3 heterocycles. The van der Waals surface area contributed by atoms with E-state index in [9.17, 15) is 9.59 Å². The molecule has 222 valence electrons. The van der Waals surface area contributed by atoms with E-state index in [1.54, 1.807) is 4.90 Å². The van der Waals surface area contributed by atoms with E-state index in [-0.39, 0.29) is 18.6 Å². The van der Waals surface area contributed by atoms with Crippen LogP contribution in [0, 0.1) is 5.92 Å². The Balaban J connectivity index is 1.32. The Labute approximate surface area is 249 Å². The van der Waals surface area contributed by atoms with Crippen LogP contribution < -0.4 is 10.8 Å². The van der Waals surface area contributed by atoms with Crippen LogP contribution in [0.1, 0.15) is 70.8 Å². The number of amides is 3. The third kappa shape index (κ3) is 6.25. The molecule has 5 rings (SSSR count). The molecule has 2 N–H and O–H groups in total. The zero-order chi connectivity index (χ0) is 30.1. The molecule has 2 aliphatic rings. The predicted octanol–water partition coefficient (Wildman–Crippen LogP) is 4.65. The van der Waals surface area contributed by atoms with Crippen molar-refractivity contribution in [2.45, 2.75) is 78.2 Å². The van der Waals surface area contributed by atoms with Crippen molar-refractivity contribution < 1.29 is 18.9 Å². The number of aromatic amines is 1. The maximum atomic E-state index is 13.7. The number of carbonyl (C=O) groups is 2. The second kappa shape index (κ2) is 11.9. The van der Waals surface area contributed by atoms with Gasteiger partial charge in [-0.1, -0.05) is 62.4 Å². The minimum atomic E-state index is -0.416. The number of aromatic nitrogens is 2. The molecule has 2 aliphatic heterocycles. The summed E-state index contributed by atoms with van der Waals surface area (Å²) >= 11 is 0. The summed E-state index contributed by atoms with van der Waals surface area (Å²) in [6.07, 6.45) is 3.38. The molecule has 42 heavy (non-hydrogen) atoms. The highest BCUT2D eigenvalue weighted by atomic mass is 16.7. The van der Waals surface area contributed by atoms with Crippen molar-refractivity contribution in [1.29, 1.82) is 0 Å². The van der Waals surface area contributed by atoms with Gasteiger partial charge in [0, 0.05) is 37.3 Å². The summed E-state index contributed by atoms with van der Waals surface area (Å²) in [5.41, 5.74) is 4.31. The second-order valence-corrected chi connectivity index (χ2v) is 12.8. The molecule has 9 nitrogen and oxygen atoms in total. The maximum absolute atomic E-state index is 13.7. The molecule has 3 aromatic rings. The number of carbonyl (C=O) groups excluding carboxylic acids is 2. The van der Waals surface area contributed by atoms with Crippen molar-refractivity contribution in [2.75, 3.05) is 13.2 Å². The van der Waals surface area contributed by atoms with E-state index in [0.29, 0.717) is 32.0 Å². The van der Waals surface area contributed by atoms with Gasteiger partial charge in [0.1, 0.15) is 5.82 Å². The normalized spacial score (nSPS) is 17.8. The Kier molecular flexibility index (Phi) is 8.48. The lowest BCUT2D eigenvalue weighted by atomic mass is 9.79. The van der Waals surface area contributed by atoms with Crippen LogP contribution in [0.5, 0.6) is 0 Å². The van der Waals surface area contributed by atoms with E-state index < -0.39 is 18.3 Å². The molecular formula is C32H42BN5O4. The van der Waals surface area contributed by atoms with E-state index in [0.717, 1.165) is 40.1 Å². The van der Waals surface area contributed by atoms with E-state index in [1.165, 1.54) is 0 Å². The van der Waals surface area contributed by atoms with Gasteiger partial charge in [0.05, 0.1) is 23.6 Å². The first-order chi connectivity index (χ1) is 20.0. The Morgan fingerprint density at radius 3 is 2.26 bits per heavy atom. The third-order valence-corrected chi connectivity index (χ3v) is 8.66. The Bertz CT molecular complexity index is 1360. The molecule has 1 unspecified atom stereocenters. The van der Waals surface area contributed by atoms with E-state index in [4.69, 9.17) is 14.3 Å². The van der Waals surface area contributed by atoms with Crippen molar-refractivity contribution in [2.24, 2.45) is 5.92 Å². The molecule has 0 spiro atoms. The Morgan fingerprint density at radius 1 is 1.07 bits per heavy atom. The van der Waals surface area contributed by atoms with Crippen molar-refractivity contribution in [3.8, 4) is 11.3 Å². The van der Waals surface area contributed by atoms with Crippen LogP contribution in [0.15, 0.2) is 54.7 Å². The number of nitrogens with one attached hydrogen (secondary N) is 2. The molecule has 1 aromatic heterocycles. The van der Waals surface area contributed by atoms with Gasteiger partial charge >= 0.3 is 13.1 Å². The monoisotopic (exact) mass is 571 g/mol. The third-order valence-electron chi connectivity index (χ3n) is 8.66. The van der Waals surface area contributed by atoms with Crippen molar-refractivity contribution in [3.63, 3.8) is 0 Å². The number of urea groups is 1. The van der Waals surface area contributed by atoms with Crippen LogP contribution in [0.2, 0.25) is 0 Å². The molecular weight excluding hydrogens is 529 g/mol. The average molecular weight is 572 g/mol. The van der Waals surface area contributed by atoms with Gasteiger partial charge in [-0.2, -0.15) is 0 Å². The maximum Gasteiger partial charge on any atom is 0.494 e. The van der Waals surface area contributed by atoms with E-state index in [1.807, 2.05) is 75.2 Å². The lowest BCUT2D eigenvalue weighted by molar-refractivity contribution is -0.110. The summed E-state index contributed by atoms with van der Waals surface area (Å²) in [5.74, 6) is 1.17. The lowest BCUT2D eigenvalue weighted by Gasteiger charge is -2.32. The van der Waals surface area contributed by atoms with Gasteiger partial charge in [-0.05, 0) is 56.6 Å². The van der Waals surface area contributed by atoms with Gasteiger partial charge in [0.15, 0.2) is 0 Å². The molecule has 0 radical (unpaired) electrons. The van der Waals surface area contributed by atoms with Crippen LogP contribution in [0.4, 0.5) is 4.79 Å². The molecule has 3 amide bonds. The summed E-state index contributed by atoms with van der Waals surface area (Å²) in [4.78, 5) is 36.8. The van der Waals surface area contributed by atoms with Crippen molar-refractivity contribution in [3.05, 3.63) is 71.7 Å². The molecule has 0 bridgehead atoms. The fraction of sp³-hybridized carbons (Fsp3) is 0.469. The number of hydrogen-bond acceptors (Lipinski definition) is 5. The summed E-state index contributed by atoms with van der Waals surface area (Å²) in [5, 5.41) is 2.70. The van der Waals surface area contributed by atoms with Crippen molar-refractivity contribution >= 4 is 25.0 Å². The number of fused-ring (bicyclic) bond motifs is 1. The fourth-order valence-corrected chi connectivity index (χ4v) is 5.62. The van der Waals surface area contributed by atoms with Crippen LogP contribution in [0.25, 0.3) is 11.3 Å². The van der Waals surface area contributed by atoms with Crippen molar-refractivity contribution in [1.82, 2.24) is 25.1 Å². The number of benzene rings is 2. The molecule has 2 aromatic carbocycles. The number of nitrogens with zero attached hydrogens (tertiary/aromatic N) is 3. The molecule has 0 aliphatic carbocycles. The average Bonchev–Trinajstić information content (AvgIpc) is 3.66. The zero-order valence-corrected chi connectivity index (χ0v) is 25.5. The highest BCUT2D eigenvalue weighted by molar-refractivity contribution is 6.62. The fourth-order valence-electron chi connectivity index (χ4n) is 5.62. The van der Waals surface area contributed by atoms with Crippen LogP contribution >= 0.6 is 0 Å². The topological polar surface area (TPSA) is 99.8 Å². The van der Waals surface area contributed by atoms with Crippen LogP contribution in [-0.2, 0) is 27.2 Å². The standard InChI is InChI=1S/C32H42BN5O4/c1-22(2)15-26(19-38(20-34-21-39)30(40)37-17-24-9-7-8-10-25(24)18-37)29-35-16-28(36-29)23-11-13-27(14-12-23)33-41-31(3,4)32(5,6)42-33/h7-14,16,21-22,26H,15,17-20H2,1-6H3,(H,34,39)(H,35,36). The smallest absolute Gasteiger partial charge is 0.399 e. The Morgan fingerprint density at radius 2 is 1.69 bits per heavy atom. The van der Waals surface area contributed by atoms with Gasteiger partial charge in [0.25, 0.3) is 0 Å². The molecule has 1 atom stereocenters. The Hall–Kier alpha value is -3.63. The largest absolute Gasteiger partial charge is 0.494 e. The van der Waals surface area contributed by atoms with Crippen LogP contribution in [-0.4, -0.2) is 63.7 Å². The van der Waals surface area contributed by atoms with Gasteiger partial charge in [0.2, 0.25) is 6.41 Å². The highest BCUT2D eigenvalue weighted by Crippen LogP contribution is 2.36.